The van der Waals surface area contributed by atoms with Gasteiger partial charge in [0.2, 0.25) is 0 Å². The number of carbonyl (C=O) groups is 1. The molecule has 0 aromatic carbocycles. The third kappa shape index (κ3) is 3.54. The van der Waals surface area contributed by atoms with Crippen LogP contribution >= 0.6 is 0 Å². The number of anilines is 1. The number of nitrogen functional groups attached to an aromatic ring is 1. The number of nitrogens with zero attached hydrogens (tertiary/aromatic N) is 1. The topological polar surface area (TPSA) is 69.3 Å². The first kappa shape index (κ1) is 13.5. The molecule has 5 nitrogen and oxygen atoms in total. The van der Waals surface area contributed by atoms with Crippen molar-refractivity contribution in [2.24, 2.45) is 5.92 Å². The third-order valence-electron chi connectivity index (χ3n) is 3.84. The summed E-state index contributed by atoms with van der Waals surface area (Å²) < 4.78 is 7.55. The molecule has 0 saturated heterocycles. The fourth-order valence-electron chi connectivity index (χ4n) is 2.34. The van der Waals surface area contributed by atoms with E-state index in [0.29, 0.717) is 24.0 Å². The molecule has 2 aliphatic rings. The Morgan fingerprint density at radius 1 is 1.40 bits per heavy atom. The van der Waals surface area contributed by atoms with Crippen molar-refractivity contribution in [3.8, 4) is 0 Å². The molecule has 1 amide bonds. The minimum Gasteiger partial charge on any atom is -0.397 e. The molecule has 1 heterocycles. The molecule has 2 aliphatic carbocycles. The summed E-state index contributed by atoms with van der Waals surface area (Å²) in [5.41, 5.74) is 7.14. The Balaban J connectivity index is 1.39. The molecule has 110 valence electrons. The second kappa shape index (κ2) is 5.87. The molecule has 2 fully saturated rings. The van der Waals surface area contributed by atoms with Gasteiger partial charge in [0.25, 0.3) is 5.91 Å². The van der Waals surface area contributed by atoms with Crippen LogP contribution in [0.2, 0.25) is 0 Å². The molecular formula is C15H23N3O2. The van der Waals surface area contributed by atoms with E-state index in [9.17, 15) is 4.79 Å². The number of nitrogens with one attached hydrogen (secondary N) is 1. The Morgan fingerprint density at radius 3 is 2.90 bits per heavy atom. The van der Waals surface area contributed by atoms with Crippen molar-refractivity contribution in [1.29, 1.82) is 0 Å². The first-order valence-corrected chi connectivity index (χ1v) is 7.57. The molecule has 3 rings (SSSR count). The molecule has 0 spiro atoms. The number of hydrogen-bond acceptors (Lipinski definition) is 3. The van der Waals surface area contributed by atoms with Crippen LogP contribution in [-0.2, 0) is 4.74 Å². The number of carbonyl (C=O) groups excluding carboxylic acids is 1. The molecule has 1 aromatic heterocycles. The number of nitrogens with two attached hydrogens (primary N) is 1. The van der Waals surface area contributed by atoms with Gasteiger partial charge in [-0.1, -0.05) is 0 Å². The van der Waals surface area contributed by atoms with Gasteiger partial charge in [-0.25, -0.2) is 0 Å². The van der Waals surface area contributed by atoms with Gasteiger partial charge in [-0.15, -0.1) is 0 Å². The minimum absolute atomic E-state index is 0.0317. The van der Waals surface area contributed by atoms with E-state index in [1.165, 1.54) is 12.8 Å². The Hall–Kier alpha value is -1.49. The quantitative estimate of drug-likeness (QED) is 0.714. The van der Waals surface area contributed by atoms with Crippen LogP contribution in [0.15, 0.2) is 12.3 Å². The summed E-state index contributed by atoms with van der Waals surface area (Å²) in [4.78, 5) is 12.1. The highest BCUT2D eigenvalue weighted by Crippen LogP contribution is 2.37. The fraction of sp³-hybridized carbons (Fsp3) is 0.667. The molecule has 2 saturated carbocycles. The SMILES string of the molecule is Nc1cc(C(=O)NCCCOCC2CC2)n(C2CC2)c1. The monoisotopic (exact) mass is 277 g/mol. The summed E-state index contributed by atoms with van der Waals surface area (Å²) >= 11 is 0. The maximum absolute atomic E-state index is 12.1. The van der Waals surface area contributed by atoms with Gasteiger partial charge in [-0.2, -0.15) is 0 Å². The fourth-order valence-corrected chi connectivity index (χ4v) is 2.34. The van der Waals surface area contributed by atoms with E-state index in [-0.39, 0.29) is 5.91 Å². The van der Waals surface area contributed by atoms with Crippen LogP contribution in [0.5, 0.6) is 0 Å². The van der Waals surface area contributed by atoms with Crippen molar-refractivity contribution in [2.75, 3.05) is 25.5 Å². The zero-order valence-electron chi connectivity index (χ0n) is 11.8. The molecule has 0 aliphatic heterocycles. The van der Waals surface area contributed by atoms with Gasteiger partial charge >= 0.3 is 0 Å². The maximum atomic E-state index is 12.1. The lowest BCUT2D eigenvalue weighted by Crippen LogP contribution is -2.27. The average Bonchev–Trinajstić information content (AvgIpc) is 3.32. The van der Waals surface area contributed by atoms with Crippen LogP contribution in [0.1, 0.15) is 48.6 Å². The summed E-state index contributed by atoms with van der Waals surface area (Å²) in [5, 5.41) is 2.94. The van der Waals surface area contributed by atoms with Gasteiger partial charge in [0.15, 0.2) is 0 Å². The highest BCUT2D eigenvalue weighted by atomic mass is 16.5. The Kier molecular flexibility index (Phi) is 3.96. The lowest BCUT2D eigenvalue weighted by molar-refractivity contribution is 0.0928. The highest BCUT2D eigenvalue weighted by molar-refractivity contribution is 5.93. The van der Waals surface area contributed by atoms with Crippen LogP contribution in [0, 0.1) is 5.92 Å². The molecule has 3 N–H and O–H groups in total. The number of aromatic nitrogens is 1. The third-order valence-corrected chi connectivity index (χ3v) is 3.84. The molecule has 0 bridgehead atoms. The van der Waals surface area contributed by atoms with Crippen LogP contribution in [0.4, 0.5) is 5.69 Å². The van der Waals surface area contributed by atoms with Crippen molar-refractivity contribution in [2.45, 2.75) is 38.1 Å². The lowest BCUT2D eigenvalue weighted by atomic mass is 10.3. The van der Waals surface area contributed by atoms with E-state index in [1.807, 2.05) is 10.8 Å². The van der Waals surface area contributed by atoms with Gasteiger partial charge in [-0.3, -0.25) is 4.79 Å². The second-order valence-electron chi connectivity index (χ2n) is 5.92. The van der Waals surface area contributed by atoms with E-state index in [1.54, 1.807) is 6.07 Å². The minimum atomic E-state index is -0.0317. The first-order chi connectivity index (χ1) is 9.74. The van der Waals surface area contributed by atoms with Crippen LogP contribution in [0.3, 0.4) is 0 Å². The summed E-state index contributed by atoms with van der Waals surface area (Å²) in [5.74, 6) is 0.769. The molecular weight excluding hydrogens is 254 g/mol. The number of hydrogen-bond donors (Lipinski definition) is 2. The van der Waals surface area contributed by atoms with E-state index in [4.69, 9.17) is 10.5 Å². The lowest BCUT2D eigenvalue weighted by Gasteiger charge is -2.08. The van der Waals surface area contributed by atoms with Crippen LogP contribution in [0.25, 0.3) is 0 Å². The van der Waals surface area contributed by atoms with Crippen molar-refractivity contribution < 1.29 is 9.53 Å². The van der Waals surface area contributed by atoms with Crippen molar-refractivity contribution in [1.82, 2.24) is 9.88 Å². The Morgan fingerprint density at radius 2 is 2.20 bits per heavy atom. The summed E-state index contributed by atoms with van der Waals surface area (Å²) in [6, 6.07) is 2.23. The zero-order valence-corrected chi connectivity index (χ0v) is 11.8. The number of amides is 1. The van der Waals surface area contributed by atoms with E-state index < -0.39 is 0 Å². The van der Waals surface area contributed by atoms with Crippen molar-refractivity contribution >= 4 is 11.6 Å². The number of ether oxygens (including phenoxy) is 1. The molecule has 0 radical (unpaired) electrons. The number of rotatable bonds is 8. The molecule has 0 atom stereocenters. The Labute approximate surface area is 119 Å². The second-order valence-corrected chi connectivity index (χ2v) is 5.92. The molecule has 1 aromatic rings. The van der Waals surface area contributed by atoms with Crippen LogP contribution in [-0.4, -0.2) is 30.2 Å². The predicted octanol–water partition coefficient (Wildman–Crippen LogP) is 1.95. The van der Waals surface area contributed by atoms with Crippen molar-refractivity contribution in [3.63, 3.8) is 0 Å². The van der Waals surface area contributed by atoms with E-state index in [2.05, 4.69) is 5.32 Å². The first-order valence-electron chi connectivity index (χ1n) is 7.57. The van der Waals surface area contributed by atoms with Crippen molar-refractivity contribution in [3.05, 3.63) is 18.0 Å². The van der Waals surface area contributed by atoms with Gasteiger partial charge in [0.05, 0.1) is 5.69 Å². The Bertz CT molecular complexity index is 475. The standard InChI is InChI=1S/C15H23N3O2/c16-12-8-14(18(9-12)13-4-5-13)15(19)17-6-1-7-20-10-11-2-3-11/h8-9,11,13H,1-7,10,16H2,(H,17,19). The van der Waals surface area contributed by atoms with E-state index in [0.717, 1.165) is 38.4 Å². The van der Waals surface area contributed by atoms with Crippen LogP contribution < -0.4 is 11.1 Å². The van der Waals surface area contributed by atoms with Gasteiger partial charge in [0.1, 0.15) is 5.69 Å². The van der Waals surface area contributed by atoms with E-state index >= 15 is 0 Å². The molecule has 5 heteroatoms. The summed E-state index contributed by atoms with van der Waals surface area (Å²) in [6.07, 6.45) is 7.64. The largest absolute Gasteiger partial charge is 0.397 e. The smallest absolute Gasteiger partial charge is 0.267 e. The summed E-state index contributed by atoms with van der Waals surface area (Å²) in [6.45, 7) is 2.26. The highest BCUT2D eigenvalue weighted by Gasteiger charge is 2.27. The predicted molar refractivity (Wildman–Crippen MR) is 77.6 cm³/mol. The molecule has 0 unspecified atom stereocenters. The summed E-state index contributed by atoms with van der Waals surface area (Å²) in [7, 11) is 0. The maximum Gasteiger partial charge on any atom is 0.267 e. The normalized spacial score (nSPS) is 18.2. The van der Waals surface area contributed by atoms with Gasteiger partial charge in [0, 0.05) is 32.0 Å². The zero-order chi connectivity index (χ0) is 13.9. The molecule has 20 heavy (non-hydrogen) atoms. The average molecular weight is 277 g/mol. The van der Waals surface area contributed by atoms with Gasteiger partial charge < -0.3 is 20.4 Å². The van der Waals surface area contributed by atoms with Gasteiger partial charge in [-0.05, 0) is 44.1 Å².